The molecular weight excluding hydrogens is 423 g/mol. The summed E-state index contributed by atoms with van der Waals surface area (Å²) in [5, 5.41) is 9.09. The lowest BCUT2D eigenvalue weighted by molar-refractivity contribution is -0.145. The van der Waals surface area contributed by atoms with Gasteiger partial charge in [-0.1, -0.05) is 39.8 Å². The second kappa shape index (κ2) is 9.82. The van der Waals surface area contributed by atoms with Crippen LogP contribution >= 0.6 is 0 Å². The number of nitrogens with zero attached hydrogens (tertiary/aromatic N) is 2. The third kappa shape index (κ3) is 6.12. The molecule has 6 nitrogen and oxygen atoms in total. The van der Waals surface area contributed by atoms with Crippen molar-refractivity contribution in [2.45, 2.75) is 72.3 Å². The molecule has 0 radical (unpaired) electrons. The summed E-state index contributed by atoms with van der Waals surface area (Å²) in [4.78, 5) is 41.3. The van der Waals surface area contributed by atoms with Crippen LogP contribution < -0.4 is 0 Å². The van der Waals surface area contributed by atoms with Crippen LogP contribution in [0.4, 0.5) is 4.39 Å². The quantitative estimate of drug-likeness (QED) is 0.633. The molecule has 2 amide bonds. The molecule has 1 spiro atoms. The molecule has 2 saturated heterocycles. The van der Waals surface area contributed by atoms with Gasteiger partial charge in [0.2, 0.25) is 11.8 Å². The molecule has 1 unspecified atom stereocenters. The number of carboxylic acid groups (broad SMARTS) is 1. The molecule has 0 aliphatic carbocycles. The molecule has 1 atom stereocenters. The molecule has 2 aliphatic rings. The fourth-order valence-electron chi connectivity index (χ4n) is 5.41. The number of aliphatic carboxylic acids is 1. The van der Waals surface area contributed by atoms with Crippen LogP contribution in [0.1, 0.15) is 65.4 Å². The van der Waals surface area contributed by atoms with E-state index in [1.807, 2.05) is 4.90 Å². The Labute approximate surface area is 196 Å². The Kier molecular flexibility index (Phi) is 7.49. The molecule has 2 fully saturated rings. The van der Waals surface area contributed by atoms with Gasteiger partial charge in [0.05, 0.1) is 11.8 Å². The summed E-state index contributed by atoms with van der Waals surface area (Å²) in [6.45, 7) is 9.54. The molecule has 2 heterocycles. The number of carbonyl (C=O) groups excluding carboxylic acids is 2. The minimum Gasteiger partial charge on any atom is -0.481 e. The minimum atomic E-state index is -0.903. The Morgan fingerprint density at radius 2 is 1.76 bits per heavy atom. The van der Waals surface area contributed by atoms with Gasteiger partial charge in [0.1, 0.15) is 5.82 Å². The maximum absolute atomic E-state index is 13.6. The number of halogens is 1. The number of carboxylic acids is 1. The fraction of sp³-hybridized carbons (Fsp3) is 0.654. The van der Waals surface area contributed by atoms with Crippen LogP contribution in [-0.2, 0) is 20.8 Å². The lowest BCUT2D eigenvalue weighted by Crippen LogP contribution is -2.47. The van der Waals surface area contributed by atoms with Gasteiger partial charge in [-0.25, -0.2) is 4.39 Å². The van der Waals surface area contributed by atoms with Crippen molar-refractivity contribution in [2.75, 3.05) is 19.6 Å². The van der Waals surface area contributed by atoms with Crippen LogP contribution in [0.5, 0.6) is 0 Å². The van der Waals surface area contributed by atoms with Gasteiger partial charge in [-0.3, -0.25) is 14.4 Å². The number of hydrogen-bond donors (Lipinski definition) is 1. The average Bonchev–Trinajstić information content (AvgIpc) is 2.94. The van der Waals surface area contributed by atoms with Crippen molar-refractivity contribution in [2.24, 2.45) is 16.7 Å². The topological polar surface area (TPSA) is 77.9 Å². The van der Waals surface area contributed by atoms with E-state index in [-0.39, 0.29) is 36.5 Å². The van der Waals surface area contributed by atoms with Gasteiger partial charge in [-0.15, -0.1) is 0 Å². The van der Waals surface area contributed by atoms with Crippen LogP contribution in [0.3, 0.4) is 0 Å². The Morgan fingerprint density at radius 1 is 1.15 bits per heavy atom. The van der Waals surface area contributed by atoms with Gasteiger partial charge < -0.3 is 14.9 Å². The van der Waals surface area contributed by atoms with E-state index in [0.717, 1.165) is 12.0 Å². The smallest absolute Gasteiger partial charge is 0.303 e. The number of piperidine rings is 1. The highest BCUT2D eigenvalue weighted by atomic mass is 19.1. The van der Waals surface area contributed by atoms with Gasteiger partial charge in [0.25, 0.3) is 0 Å². The molecule has 0 aromatic heterocycles. The second-order valence-corrected chi connectivity index (χ2v) is 11.1. The predicted molar refractivity (Wildman–Crippen MR) is 124 cm³/mol. The fourth-order valence-corrected chi connectivity index (χ4v) is 5.41. The first-order chi connectivity index (χ1) is 15.4. The van der Waals surface area contributed by atoms with E-state index in [2.05, 4.69) is 13.8 Å². The van der Waals surface area contributed by atoms with E-state index in [4.69, 9.17) is 5.11 Å². The van der Waals surface area contributed by atoms with Crippen molar-refractivity contribution in [3.63, 3.8) is 0 Å². The summed E-state index contributed by atoms with van der Waals surface area (Å²) < 4.78 is 13.3. The van der Waals surface area contributed by atoms with Gasteiger partial charge in [0.15, 0.2) is 0 Å². The molecule has 1 aromatic rings. The average molecular weight is 461 g/mol. The van der Waals surface area contributed by atoms with E-state index in [0.29, 0.717) is 44.8 Å². The van der Waals surface area contributed by atoms with E-state index in [1.165, 1.54) is 12.1 Å². The summed E-state index contributed by atoms with van der Waals surface area (Å²) in [5.41, 5.74) is -0.0315. The van der Waals surface area contributed by atoms with Gasteiger partial charge in [-0.05, 0) is 54.7 Å². The van der Waals surface area contributed by atoms with Crippen LogP contribution in [0, 0.1) is 22.6 Å². The zero-order valence-electron chi connectivity index (χ0n) is 20.3. The van der Waals surface area contributed by atoms with E-state index >= 15 is 0 Å². The third-order valence-corrected chi connectivity index (χ3v) is 7.06. The Balaban J connectivity index is 1.68. The number of amides is 2. The SMILES string of the molecule is CC(C)CN1C(=O)C2(CCN(C(=O)CC(C)(C)CC(=O)O)CC2)CC1Cc1ccc(F)cc1. The first kappa shape index (κ1) is 25.2. The maximum Gasteiger partial charge on any atom is 0.303 e. The van der Waals surface area contributed by atoms with Crippen molar-refractivity contribution in [3.8, 4) is 0 Å². The van der Waals surface area contributed by atoms with Crippen molar-refractivity contribution in [1.82, 2.24) is 9.80 Å². The summed E-state index contributed by atoms with van der Waals surface area (Å²) in [6.07, 6.45) is 2.85. The summed E-state index contributed by atoms with van der Waals surface area (Å²) in [7, 11) is 0. The molecule has 0 saturated carbocycles. The molecular formula is C26H37FN2O4. The highest BCUT2D eigenvalue weighted by Crippen LogP contribution is 2.46. The number of carbonyl (C=O) groups is 3. The van der Waals surface area contributed by atoms with Crippen molar-refractivity contribution < 1.29 is 23.9 Å². The number of hydrogen-bond acceptors (Lipinski definition) is 3. The zero-order valence-corrected chi connectivity index (χ0v) is 20.3. The zero-order chi connectivity index (χ0) is 24.4. The third-order valence-electron chi connectivity index (χ3n) is 7.06. The monoisotopic (exact) mass is 460 g/mol. The largest absolute Gasteiger partial charge is 0.481 e. The van der Waals surface area contributed by atoms with Crippen molar-refractivity contribution in [3.05, 3.63) is 35.6 Å². The maximum atomic E-state index is 13.6. The van der Waals surface area contributed by atoms with Crippen LogP contribution in [0.15, 0.2) is 24.3 Å². The summed E-state index contributed by atoms with van der Waals surface area (Å²) in [6, 6.07) is 6.58. The number of likely N-dealkylation sites (tertiary alicyclic amines) is 2. The normalized spacial score (nSPS) is 20.7. The van der Waals surface area contributed by atoms with Crippen molar-refractivity contribution >= 4 is 17.8 Å². The lowest BCUT2D eigenvalue weighted by Gasteiger charge is -2.39. The molecule has 2 aliphatic heterocycles. The Bertz CT molecular complexity index is 873. The second-order valence-electron chi connectivity index (χ2n) is 11.1. The first-order valence-electron chi connectivity index (χ1n) is 12.0. The van der Waals surface area contributed by atoms with E-state index in [1.54, 1.807) is 30.9 Å². The van der Waals surface area contributed by atoms with E-state index in [9.17, 15) is 18.8 Å². The molecule has 3 rings (SSSR count). The summed E-state index contributed by atoms with van der Waals surface area (Å²) in [5.74, 6) is -0.678. The molecule has 7 heteroatoms. The Morgan fingerprint density at radius 3 is 2.30 bits per heavy atom. The number of rotatable bonds is 8. The molecule has 1 aromatic carbocycles. The van der Waals surface area contributed by atoms with Crippen LogP contribution in [-0.4, -0.2) is 58.4 Å². The van der Waals surface area contributed by atoms with Gasteiger partial charge in [-0.2, -0.15) is 0 Å². The van der Waals surface area contributed by atoms with E-state index < -0.39 is 16.8 Å². The first-order valence-corrected chi connectivity index (χ1v) is 12.0. The van der Waals surface area contributed by atoms with Crippen LogP contribution in [0.2, 0.25) is 0 Å². The standard InChI is InChI=1S/C26H37FN2O4/c1-18(2)17-29-21(13-19-5-7-20(27)8-6-19)14-26(24(29)33)9-11-28(12-10-26)22(30)15-25(3,4)16-23(31)32/h5-8,18,21H,9-17H2,1-4H3,(H,31,32). The van der Waals surface area contributed by atoms with Gasteiger partial charge >= 0.3 is 5.97 Å². The lowest BCUT2D eigenvalue weighted by atomic mass is 9.75. The van der Waals surface area contributed by atoms with Gasteiger partial charge in [0, 0.05) is 32.1 Å². The van der Waals surface area contributed by atoms with Crippen LogP contribution in [0.25, 0.3) is 0 Å². The molecule has 0 bridgehead atoms. The Hall–Kier alpha value is -2.44. The molecule has 33 heavy (non-hydrogen) atoms. The predicted octanol–water partition coefficient (Wildman–Crippen LogP) is 4.12. The molecule has 1 N–H and O–H groups in total. The minimum absolute atomic E-state index is 0.0385. The number of benzene rings is 1. The summed E-state index contributed by atoms with van der Waals surface area (Å²) >= 11 is 0. The molecule has 182 valence electrons. The highest BCUT2D eigenvalue weighted by molar-refractivity contribution is 5.86. The van der Waals surface area contributed by atoms with Crippen molar-refractivity contribution in [1.29, 1.82) is 0 Å². The highest BCUT2D eigenvalue weighted by Gasteiger charge is 2.52.